The van der Waals surface area contributed by atoms with E-state index in [1.807, 2.05) is 6.92 Å². The molecule has 7 nitrogen and oxygen atoms in total. The fourth-order valence-electron chi connectivity index (χ4n) is 2.01. The number of carbonyl (C=O) groups is 3. The third kappa shape index (κ3) is 6.47. The van der Waals surface area contributed by atoms with Gasteiger partial charge in [-0.05, 0) is 49.4 Å². The molecule has 0 aliphatic carbocycles. The lowest BCUT2D eigenvalue weighted by Gasteiger charge is -2.09. The average molecular weight is 410 g/mol. The number of carbonyl (C=O) groups excluding carboxylic acids is 3. The van der Waals surface area contributed by atoms with E-state index in [1.165, 1.54) is 12.1 Å². The predicted molar refractivity (Wildman–Crippen MR) is 104 cm³/mol. The highest BCUT2D eigenvalue weighted by molar-refractivity contribution is 6.42. The van der Waals surface area contributed by atoms with Crippen LogP contribution in [0.1, 0.15) is 6.92 Å². The van der Waals surface area contributed by atoms with Gasteiger partial charge in [0.05, 0.1) is 23.2 Å². The first-order valence-electron chi connectivity index (χ1n) is 7.96. The van der Waals surface area contributed by atoms with Crippen molar-refractivity contribution in [2.75, 3.05) is 23.8 Å². The molecule has 0 saturated carbocycles. The van der Waals surface area contributed by atoms with E-state index < -0.39 is 17.7 Å². The first kappa shape index (κ1) is 20.5. The molecule has 0 aliphatic heterocycles. The molecule has 0 aliphatic rings. The normalized spacial score (nSPS) is 10.0. The number of anilines is 2. The lowest BCUT2D eigenvalue weighted by Crippen LogP contribution is -2.39. The van der Waals surface area contributed by atoms with Crippen LogP contribution in [-0.2, 0) is 14.4 Å². The number of hydrogen-bond donors (Lipinski definition) is 3. The minimum absolute atomic E-state index is 0.285. The number of amides is 3. The molecule has 2 aromatic rings. The van der Waals surface area contributed by atoms with Crippen molar-refractivity contribution in [3.63, 3.8) is 0 Å². The van der Waals surface area contributed by atoms with Crippen molar-refractivity contribution < 1.29 is 19.1 Å². The van der Waals surface area contributed by atoms with Gasteiger partial charge in [-0.25, -0.2) is 0 Å². The van der Waals surface area contributed by atoms with Gasteiger partial charge in [-0.1, -0.05) is 23.2 Å². The zero-order chi connectivity index (χ0) is 19.8. The monoisotopic (exact) mass is 409 g/mol. The molecule has 3 N–H and O–H groups in total. The lowest BCUT2D eigenvalue weighted by molar-refractivity contribution is -0.136. The van der Waals surface area contributed by atoms with Gasteiger partial charge in [-0.15, -0.1) is 0 Å². The molecule has 9 heteroatoms. The van der Waals surface area contributed by atoms with Crippen LogP contribution in [0.15, 0.2) is 42.5 Å². The molecule has 142 valence electrons. The van der Waals surface area contributed by atoms with Crippen molar-refractivity contribution in [1.29, 1.82) is 0 Å². The number of halogens is 2. The van der Waals surface area contributed by atoms with Gasteiger partial charge in [0.1, 0.15) is 5.75 Å². The number of rotatable bonds is 6. The highest BCUT2D eigenvalue weighted by Crippen LogP contribution is 2.24. The van der Waals surface area contributed by atoms with Crippen LogP contribution in [0, 0.1) is 0 Å². The number of benzene rings is 2. The molecule has 0 saturated heterocycles. The second-order valence-electron chi connectivity index (χ2n) is 5.27. The summed E-state index contributed by atoms with van der Waals surface area (Å²) in [6.07, 6.45) is 0. The van der Waals surface area contributed by atoms with Crippen molar-refractivity contribution in [3.8, 4) is 5.75 Å². The fourth-order valence-corrected chi connectivity index (χ4v) is 2.31. The van der Waals surface area contributed by atoms with E-state index in [9.17, 15) is 14.4 Å². The molecular formula is C18H17Cl2N3O4. The molecule has 0 fully saturated rings. The molecule has 3 amide bonds. The van der Waals surface area contributed by atoms with Gasteiger partial charge >= 0.3 is 11.8 Å². The summed E-state index contributed by atoms with van der Waals surface area (Å²) in [5.41, 5.74) is 0.848. The molecule has 27 heavy (non-hydrogen) atoms. The van der Waals surface area contributed by atoms with Crippen LogP contribution in [0.25, 0.3) is 0 Å². The van der Waals surface area contributed by atoms with Crippen LogP contribution in [-0.4, -0.2) is 30.9 Å². The summed E-state index contributed by atoms with van der Waals surface area (Å²) in [5, 5.41) is 7.83. The summed E-state index contributed by atoms with van der Waals surface area (Å²) < 4.78 is 5.29. The molecule has 0 bridgehead atoms. The van der Waals surface area contributed by atoms with Crippen molar-refractivity contribution in [1.82, 2.24) is 5.32 Å². The Hall–Kier alpha value is -2.77. The van der Waals surface area contributed by atoms with Crippen LogP contribution in [0.4, 0.5) is 11.4 Å². The van der Waals surface area contributed by atoms with Crippen molar-refractivity contribution in [2.45, 2.75) is 6.92 Å². The van der Waals surface area contributed by atoms with E-state index in [-0.39, 0.29) is 11.6 Å². The van der Waals surface area contributed by atoms with Gasteiger partial charge < -0.3 is 20.7 Å². The quantitative estimate of drug-likeness (QED) is 0.638. The average Bonchev–Trinajstić information content (AvgIpc) is 2.64. The molecule has 0 atom stereocenters. The molecule has 0 spiro atoms. The highest BCUT2D eigenvalue weighted by atomic mass is 35.5. The molecule has 0 unspecified atom stereocenters. The van der Waals surface area contributed by atoms with E-state index in [0.29, 0.717) is 28.8 Å². The summed E-state index contributed by atoms with van der Waals surface area (Å²) in [5.74, 6) is -1.69. The second-order valence-corrected chi connectivity index (χ2v) is 6.09. The standard InChI is InChI=1S/C18H17Cl2N3O4/c1-2-27-13-6-3-11(4-7-13)23-18(26)17(25)21-10-16(24)22-12-5-8-14(19)15(20)9-12/h3-9H,2,10H2,1H3,(H,21,25)(H,22,24)(H,23,26). The Kier molecular flexibility index (Phi) is 7.45. The van der Waals surface area contributed by atoms with Gasteiger partial charge in [0.15, 0.2) is 0 Å². The second kappa shape index (κ2) is 9.80. The molecular weight excluding hydrogens is 393 g/mol. The van der Waals surface area contributed by atoms with Gasteiger partial charge in [0, 0.05) is 11.4 Å². The first-order chi connectivity index (χ1) is 12.9. The van der Waals surface area contributed by atoms with Crippen molar-refractivity contribution >= 4 is 52.3 Å². The number of hydrogen-bond acceptors (Lipinski definition) is 4. The summed E-state index contributed by atoms with van der Waals surface area (Å²) in [7, 11) is 0. The van der Waals surface area contributed by atoms with Gasteiger partial charge in [-0.3, -0.25) is 14.4 Å². The van der Waals surface area contributed by atoms with E-state index in [4.69, 9.17) is 27.9 Å². The largest absolute Gasteiger partial charge is 0.494 e. The predicted octanol–water partition coefficient (Wildman–Crippen LogP) is 3.09. The van der Waals surface area contributed by atoms with Crippen molar-refractivity contribution in [3.05, 3.63) is 52.5 Å². The number of nitrogens with one attached hydrogen (secondary N) is 3. The maximum absolute atomic E-state index is 11.9. The third-order valence-electron chi connectivity index (χ3n) is 3.24. The zero-order valence-corrected chi connectivity index (χ0v) is 15.9. The Morgan fingerprint density at radius 1 is 0.889 bits per heavy atom. The topological polar surface area (TPSA) is 96.5 Å². The molecule has 0 aromatic heterocycles. The Labute approximate surface area is 166 Å². The van der Waals surface area contributed by atoms with Crippen LogP contribution >= 0.6 is 23.2 Å². The van der Waals surface area contributed by atoms with E-state index in [1.54, 1.807) is 30.3 Å². The van der Waals surface area contributed by atoms with Gasteiger partial charge in [0.2, 0.25) is 5.91 Å². The maximum atomic E-state index is 11.9. The Morgan fingerprint density at radius 2 is 1.56 bits per heavy atom. The Morgan fingerprint density at radius 3 is 2.19 bits per heavy atom. The Bertz CT molecular complexity index is 841. The molecule has 0 heterocycles. The first-order valence-corrected chi connectivity index (χ1v) is 8.71. The van der Waals surface area contributed by atoms with Gasteiger partial charge in [0.25, 0.3) is 0 Å². The van der Waals surface area contributed by atoms with Crippen LogP contribution in [0.3, 0.4) is 0 Å². The fraction of sp³-hybridized carbons (Fsp3) is 0.167. The van der Waals surface area contributed by atoms with E-state index in [2.05, 4.69) is 16.0 Å². The summed E-state index contributed by atoms with van der Waals surface area (Å²) in [6, 6.07) is 11.1. The third-order valence-corrected chi connectivity index (χ3v) is 3.98. The van der Waals surface area contributed by atoms with E-state index >= 15 is 0 Å². The summed E-state index contributed by atoms with van der Waals surface area (Å²) in [4.78, 5) is 35.5. The Balaban J connectivity index is 1.80. The van der Waals surface area contributed by atoms with E-state index in [0.717, 1.165) is 0 Å². The maximum Gasteiger partial charge on any atom is 0.313 e. The van der Waals surface area contributed by atoms with Crippen LogP contribution < -0.4 is 20.7 Å². The summed E-state index contributed by atoms with van der Waals surface area (Å²) >= 11 is 11.6. The van der Waals surface area contributed by atoms with Crippen LogP contribution in [0.2, 0.25) is 10.0 Å². The minimum atomic E-state index is -0.937. The smallest absolute Gasteiger partial charge is 0.313 e. The van der Waals surface area contributed by atoms with Crippen LogP contribution in [0.5, 0.6) is 5.75 Å². The van der Waals surface area contributed by atoms with Gasteiger partial charge in [-0.2, -0.15) is 0 Å². The molecule has 2 aromatic carbocycles. The zero-order valence-electron chi connectivity index (χ0n) is 14.3. The molecule has 2 rings (SSSR count). The minimum Gasteiger partial charge on any atom is -0.494 e. The summed E-state index contributed by atoms with van der Waals surface area (Å²) in [6.45, 7) is 2.01. The highest BCUT2D eigenvalue weighted by Gasteiger charge is 2.15. The van der Waals surface area contributed by atoms with Crippen molar-refractivity contribution in [2.24, 2.45) is 0 Å². The SMILES string of the molecule is CCOc1ccc(NC(=O)C(=O)NCC(=O)Nc2ccc(Cl)c(Cl)c2)cc1. The number of ether oxygens (including phenoxy) is 1. The molecule has 0 radical (unpaired) electrons. The lowest BCUT2D eigenvalue weighted by atomic mass is 10.3.